The average molecular weight is 543 g/mol. The number of carboxylic acids is 1. The van der Waals surface area contributed by atoms with E-state index < -0.39 is 5.97 Å². The molecule has 1 amide bonds. The lowest BCUT2D eigenvalue weighted by molar-refractivity contribution is -0.134. The molecule has 1 aliphatic heterocycles. The molecule has 0 radical (unpaired) electrons. The van der Waals surface area contributed by atoms with Gasteiger partial charge in [-0.3, -0.25) is 9.59 Å². The number of nitrogens with one attached hydrogen (secondary N) is 3. The van der Waals surface area contributed by atoms with Crippen LogP contribution in [0.25, 0.3) is 33.2 Å². The van der Waals surface area contributed by atoms with Crippen molar-refractivity contribution in [1.82, 2.24) is 30.0 Å². The van der Waals surface area contributed by atoms with Gasteiger partial charge in [0, 0.05) is 29.6 Å². The van der Waals surface area contributed by atoms with Crippen LogP contribution in [0.15, 0.2) is 55.0 Å². The summed E-state index contributed by atoms with van der Waals surface area (Å²) in [4.78, 5) is 34.5. The summed E-state index contributed by atoms with van der Waals surface area (Å²) in [5.41, 5.74) is 10.4. The molecular weight excluding hydrogens is 512 g/mol. The lowest BCUT2D eigenvalue weighted by Gasteiger charge is -2.23. The highest BCUT2D eigenvalue weighted by Gasteiger charge is 2.26. The van der Waals surface area contributed by atoms with Gasteiger partial charge < -0.3 is 31.2 Å². The molecule has 0 atom stereocenters. The fourth-order valence-electron chi connectivity index (χ4n) is 4.99. The summed E-state index contributed by atoms with van der Waals surface area (Å²) in [6.45, 7) is 2.92. The number of hydrogen-bond donors (Lipinski definition) is 5. The van der Waals surface area contributed by atoms with Crippen LogP contribution in [0.4, 0.5) is 11.5 Å². The average Bonchev–Trinajstić information content (AvgIpc) is 3.57. The van der Waals surface area contributed by atoms with Crippen molar-refractivity contribution in [3.05, 3.63) is 60.6 Å². The number of carboxylic acid groups (broad SMARTS) is 1. The van der Waals surface area contributed by atoms with Gasteiger partial charge in [-0.05, 0) is 44.1 Å². The highest BCUT2D eigenvalue weighted by molar-refractivity contribution is 6.18. The van der Waals surface area contributed by atoms with Gasteiger partial charge in [-0.15, -0.1) is 0 Å². The molecule has 0 aliphatic carbocycles. The van der Waals surface area contributed by atoms with E-state index in [9.17, 15) is 4.79 Å². The molecule has 12 heteroatoms. The van der Waals surface area contributed by atoms with Gasteiger partial charge in [0.05, 0.1) is 29.8 Å². The number of piperidine rings is 1. The number of carbonyl (C=O) groups excluding carboxylic acids is 1. The standard InChI is InChI=1S/C26H26N8O2.C2H4O2/c1-36-20-8-3-2-6-18(20)32-26(35)17-13-29-19-7-4-5-16(21(17)19)23-22-24(27)30-14-31-25(22)34(33-23)15-9-11-28-12-10-15;1-2(3)4/h2-8,13-15,28-29H,9-12H2,1H3,(H,32,35)(H2,27,30,31);1H3,(H,3,4). The maximum Gasteiger partial charge on any atom is 0.300 e. The molecule has 3 aromatic heterocycles. The number of nitrogens with zero attached hydrogens (tertiary/aromatic N) is 4. The lowest BCUT2D eigenvalue weighted by Crippen LogP contribution is -2.30. The monoisotopic (exact) mass is 542 g/mol. The van der Waals surface area contributed by atoms with Crippen LogP contribution in [0.2, 0.25) is 0 Å². The van der Waals surface area contributed by atoms with Gasteiger partial charge in [-0.2, -0.15) is 5.10 Å². The minimum atomic E-state index is -0.833. The van der Waals surface area contributed by atoms with Crippen molar-refractivity contribution < 1.29 is 19.4 Å². The largest absolute Gasteiger partial charge is 0.495 e. The molecule has 40 heavy (non-hydrogen) atoms. The summed E-state index contributed by atoms with van der Waals surface area (Å²) in [5, 5.41) is 20.3. The van der Waals surface area contributed by atoms with Gasteiger partial charge in [-0.25, -0.2) is 14.6 Å². The molecule has 6 N–H and O–H groups in total. The van der Waals surface area contributed by atoms with Gasteiger partial charge in [0.15, 0.2) is 5.65 Å². The molecule has 1 fully saturated rings. The second-order valence-electron chi connectivity index (χ2n) is 9.34. The summed E-state index contributed by atoms with van der Waals surface area (Å²) in [7, 11) is 1.57. The molecule has 206 valence electrons. The number of fused-ring (bicyclic) bond motifs is 2. The van der Waals surface area contributed by atoms with Crippen LogP contribution in [0.3, 0.4) is 0 Å². The zero-order valence-corrected chi connectivity index (χ0v) is 22.1. The summed E-state index contributed by atoms with van der Waals surface area (Å²) >= 11 is 0. The predicted molar refractivity (Wildman–Crippen MR) is 152 cm³/mol. The smallest absolute Gasteiger partial charge is 0.300 e. The van der Waals surface area contributed by atoms with Crippen LogP contribution < -0.4 is 21.1 Å². The Bertz CT molecular complexity index is 1680. The molecule has 5 aromatic rings. The quantitative estimate of drug-likeness (QED) is 0.221. The van der Waals surface area contributed by atoms with Gasteiger partial charge in [-0.1, -0.05) is 24.3 Å². The number of carbonyl (C=O) groups is 2. The van der Waals surface area contributed by atoms with Gasteiger partial charge >= 0.3 is 0 Å². The molecule has 1 saturated heterocycles. The van der Waals surface area contributed by atoms with E-state index in [1.54, 1.807) is 25.4 Å². The Labute approximate surface area is 229 Å². The molecule has 0 spiro atoms. The van der Waals surface area contributed by atoms with E-state index in [1.165, 1.54) is 6.33 Å². The van der Waals surface area contributed by atoms with Crippen molar-refractivity contribution in [2.45, 2.75) is 25.8 Å². The first-order valence-electron chi connectivity index (χ1n) is 12.8. The fraction of sp³-hybridized carbons (Fsp3) is 0.250. The molecule has 0 saturated carbocycles. The number of anilines is 2. The number of methoxy groups -OCH3 is 1. The number of nitrogens with two attached hydrogens (primary N) is 1. The molecule has 4 heterocycles. The number of hydrogen-bond acceptors (Lipinski definition) is 8. The van der Waals surface area contributed by atoms with Crippen LogP contribution in [0, 0.1) is 0 Å². The number of H-pyrrole nitrogens is 1. The topological polar surface area (TPSA) is 173 Å². The first-order valence-corrected chi connectivity index (χ1v) is 12.8. The van der Waals surface area contributed by atoms with E-state index in [-0.39, 0.29) is 11.9 Å². The van der Waals surface area contributed by atoms with Gasteiger partial charge in [0.1, 0.15) is 23.6 Å². The maximum atomic E-state index is 13.5. The molecular formula is C28H30N8O4. The van der Waals surface area contributed by atoms with E-state index in [1.807, 2.05) is 35.0 Å². The number of aromatic amines is 1. The SMILES string of the molecule is CC(=O)O.COc1ccccc1NC(=O)c1c[nH]c2cccc(-c3nn(C4CCNCC4)c4ncnc(N)c34)c12. The van der Waals surface area contributed by atoms with Gasteiger partial charge in [0.25, 0.3) is 11.9 Å². The number of nitrogen functional groups attached to an aromatic ring is 1. The maximum absolute atomic E-state index is 13.5. The van der Waals surface area contributed by atoms with E-state index >= 15 is 0 Å². The zero-order valence-electron chi connectivity index (χ0n) is 22.1. The first kappa shape index (κ1) is 26.6. The van der Waals surface area contributed by atoms with E-state index in [2.05, 4.69) is 25.6 Å². The van der Waals surface area contributed by atoms with Crippen molar-refractivity contribution in [1.29, 1.82) is 0 Å². The van der Waals surface area contributed by atoms with Crippen LogP contribution in [-0.4, -0.2) is 61.9 Å². The Kier molecular flexibility index (Phi) is 7.60. The van der Waals surface area contributed by atoms with Crippen LogP contribution in [0.1, 0.15) is 36.2 Å². The third-order valence-corrected chi connectivity index (χ3v) is 6.73. The zero-order chi connectivity index (χ0) is 28.2. The molecule has 12 nitrogen and oxygen atoms in total. The van der Waals surface area contributed by atoms with Crippen LogP contribution in [0.5, 0.6) is 5.75 Å². The number of aromatic nitrogens is 5. The Balaban J connectivity index is 0.000000758. The highest BCUT2D eigenvalue weighted by Crippen LogP contribution is 2.38. The molecule has 0 bridgehead atoms. The van der Waals surface area contributed by atoms with E-state index in [0.29, 0.717) is 39.5 Å². The highest BCUT2D eigenvalue weighted by atomic mass is 16.5. The Morgan fingerprint density at radius 1 is 1.10 bits per heavy atom. The minimum absolute atomic E-state index is 0.204. The number of amides is 1. The summed E-state index contributed by atoms with van der Waals surface area (Å²) in [6, 6.07) is 13.3. The summed E-state index contributed by atoms with van der Waals surface area (Å²) in [5.74, 6) is -0.144. The lowest BCUT2D eigenvalue weighted by atomic mass is 10.0. The number of ether oxygens (including phenoxy) is 1. The van der Waals surface area contributed by atoms with Crippen molar-refractivity contribution in [2.75, 3.05) is 31.2 Å². The summed E-state index contributed by atoms with van der Waals surface area (Å²) in [6.07, 6.45) is 5.08. The van der Waals surface area contributed by atoms with E-state index in [0.717, 1.165) is 49.3 Å². The molecule has 0 unspecified atom stereocenters. The molecule has 6 rings (SSSR count). The second kappa shape index (κ2) is 11.4. The summed E-state index contributed by atoms with van der Waals surface area (Å²) < 4.78 is 7.37. The molecule has 2 aromatic carbocycles. The molecule has 1 aliphatic rings. The van der Waals surface area contributed by atoms with Crippen LogP contribution >= 0.6 is 0 Å². The fourth-order valence-corrected chi connectivity index (χ4v) is 4.99. The Morgan fingerprint density at radius 2 is 1.85 bits per heavy atom. The Hall–Kier alpha value is -4.97. The third kappa shape index (κ3) is 5.16. The minimum Gasteiger partial charge on any atom is -0.495 e. The van der Waals surface area contributed by atoms with Crippen molar-refractivity contribution in [3.63, 3.8) is 0 Å². The van der Waals surface area contributed by atoms with Crippen LogP contribution in [-0.2, 0) is 4.79 Å². The van der Waals surface area contributed by atoms with Gasteiger partial charge in [0.2, 0.25) is 0 Å². The number of aliphatic carboxylic acids is 1. The van der Waals surface area contributed by atoms with Crippen molar-refractivity contribution in [2.24, 2.45) is 0 Å². The number of benzene rings is 2. The van der Waals surface area contributed by atoms with Crippen molar-refractivity contribution in [3.8, 4) is 17.0 Å². The van der Waals surface area contributed by atoms with Crippen molar-refractivity contribution >= 4 is 45.3 Å². The number of para-hydroxylation sites is 2. The second-order valence-corrected chi connectivity index (χ2v) is 9.34. The van der Waals surface area contributed by atoms with E-state index in [4.69, 9.17) is 25.5 Å². The first-order chi connectivity index (χ1) is 19.4. The predicted octanol–water partition coefficient (Wildman–Crippen LogP) is 3.83. The Morgan fingerprint density at radius 3 is 2.60 bits per heavy atom. The number of rotatable bonds is 5. The normalized spacial score (nSPS) is 13.6. The third-order valence-electron chi connectivity index (χ3n) is 6.73.